The molecule has 124 valence electrons. The molecular formula is C16H22N4O3. The first-order valence-corrected chi connectivity index (χ1v) is 8.04. The van der Waals surface area contributed by atoms with E-state index in [4.69, 9.17) is 4.74 Å². The molecule has 2 aliphatic heterocycles. The first kappa shape index (κ1) is 15.7. The van der Waals surface area contributed by atoms with Crippen LogP contribution in [0.3, 0.4) is 0 Å². The highest BCUT2D eigenvalue weighted by molar-refractivity contribution is 5.83. The summed E-state index contributed by atoms with van der Waals surface area (Å²) in [6.45, 7) is 4.07. The molecule has 3 rings (SSSR count). The van der Waals surface area contributed by atoms with Gasteiger partial charge in [-0.15, -0.1) is 0 Å². The van der Waals surface area contributed by atoms with Gasteiger partial charge in [0.25, 0.3) is 0 Å². The van der Waals surface area contributed by atoms with Crippen LogP contribution in [0.1, 0.15) is 18.4 Å². The number of piperidine rings is 1. The number of nitrogens with zero attached hydrogens (tertiary/aromatic N) is 2. The number of nitrogens with one attached hydrogen (secondary N) is 2. The number of rotatable bonds is 4. The van der Waals surface area contributed by atoms with Gasteiger partial charge in [0.2, 0.25) is 11.8 Å². The second-order valence-corrected chi connectivity index (χ2v) is 5.88. The molecule has 0 bridgehead atoms. The molecule has 2 saturated heterocycles. The van der Waals surface area contributed by atoms with Gasteiger partial charge in [0, 0.05) is 38.8 Å². The summed E-state index contributed by atoms with van der Waals surface area (Å²) in [5, 5.41) is 5.65. The summed E-state index contributed by atoms with van der Waals surface area (Å²) in [5.41, 5.74) is 0.968. The van der Waals surface area contributed by atoms with Gasteiger partial charge in [0.05, 0.1) is 19.1 Å². The average molecular weight is 318 g/mol. The summed E-state index contributed by atoms with van der Waals surface area (Å²) in [7, 11) is 0. The molecule has 2 N–H and O–H groups in total. The predicted molar refractivity (Wildman–Crippen MR) is 84.8 cm³/mol. The number of carbonyl (C=O) groups is 2. The zero-order chi connectivity index (χ0) is 16.1. The van der Waals surface area contributed by atoms with Gasteiger partial charge in [-0.3, -0.25) is 9.59 Å². The topological polar surface area (TPSA) is 83.6 Å². The maximum absolute atomic E-state index is 12.1. The third kappa shape index (κ3) is 4.19. The van der Waals surface area contributed by atoms with Crippen molar-refractivity contribution in [2.75, 3.05) is 37.7 Å². The fourth-order valence-corrected chi connectivity index (χ4v) is 2.79. The Morgan fingerprint density at radius 3 is 2.87 bits per heavy atom. The zero-order valence-electron chi connectivity index (χ0n) is 13.1. The van der Waals surface area contributed by atoms with Crippen molar-refractivity contribution in [2.45, 2.75) is 19.4 Å². The quantitative estimate of drug-likeness (QED) is 0.820. The fourth-order valence-electron chi connectivity index (χ4n) is 2.79. The molecule has 1 aromatic heterocycles. The lowest BCUT2D eigenvalue weighted by Crippen LogP contribution is -2.42. The predicted octanol–water partition coefficient (Wildman–Crippen LogP) is 0.0606. The van der Waals surface area contributed by atoms with E-state index in [1.165, 1.54) is 0 Å². The van der Waals surface area contributed by atoms with Crippen molar-refractivity contribution in [1.82, 2.24) is 15.6 Å². The second kappa shape index (κ2) is 7.41. The van der Waals surface area contributed by atoms with Crippen molar-refractivity contribution in [3.63, 3.8) is 0 Å². The Bertz CT molecular complexity index is 545. The number of hydrogen-bond acceptors (Lipinski definition) is 5. The van der Waals surface area contributed by atoms with Crippen LogP contribution in [0.25, 0.3) is 0 Å². The Kier molecular flexibility index (Phi) is 5.07. The molecule has 2 aliphatic rings. The van der Waals surface area contributed by atoms with E-state index < -0.39 is 0 Å². The van der Waals surface area contributed by atoms with Gasteiger partial charge in [-0.2, -0.15) is 0 Å². The molecule has 0 unspecified atom stereocenters. The third-order valence-corrected chi connectivity index (χ3v) is 4.25. The Balaban J connectivity index is 1.48. The monoisotopic (exact) mass is 318 g/mol. The normalized spacial score (nSPS) is 21.7. The van der Waals surface area contributed by atoms with Gasteiger partial charge in [-0.25, -0.2) is 4.98 Å². The highest BCUT2D eigenvalue weighted by Crippen LogP contribution is 2.14. The van der Waals surface area contributed by atoms with Crippen LogP contribution in [0.5, 0.6) is 0 Å². The SMILES string of the molecule is O=C1CC[C@@H](C(=O)NCc2ccc(N3CCOCC3)nc2)CN1. The standard InChI is InChI=1S/C16H22N4O3/c21-15-4-2-13(11-18-15)16(22)19-10-12-1-3-14(17-9-12)20-5-7-23-8-6-20/h1,3,9,13H,2,4-8,10-11H2,(H,18,21)(H,19,22)/t13-/m1/s1. The molecular weight excluding hydrogens is 296 g/mol. The number of aromatic nitrogens is 1. The number of hydrogen-bond donors (Lipinski definition) is 2. The van der Waals surface area contributed by atoms with Crippen LogP contribution in [0, 0.1) is 5.92 Å². The van der Waals surface area contributed by atoms with Gasteiger partial charge in [0.15, 0.2) is 0 Å². The van der Waals surface area contributed by atoms with Crippen LogP contribution in [0.4, 0.5) is 5.82 Å². The van der Waals surface area contributed by atoms with Gasteiger partial charge < -0.3 is 20.3 Å². The third-order valence-electron chi connectivity index (χ3n) is 4.25. The molecule has 7 nitrogen and oxygen atoms in total. The second-order valence-electron chi connectivity index (χ2n) is 5.88. The minimum absolute atomic E-state index is 0.0118. The molecule has 0 aromatic carbocycles. The molecule has 23 heavy (non-hydrogen) atoms. The lowest BCUT2D eigenvalue weighted by atomic mass is 9.98. The molecule has 0 spiro atoms. The molecule has 7 heteroatoms. The van der Waals surface area contributed by atoms with Crippen LogP contribution in [0.15, 0.2) is 18.3 Å². The summed E-state index contributed by atoms with van der Waals surface area (Å²) < 4.78 is 5.33. The summed E-state index contributed by atoms with van der Waals surface area (Å²) in [4.78, 5) is 29.9. The lowest BCUT2D eigenvalue weighted by Gasteiger charge is -2.27. The first-order chi connectivity index (χ1) is 11.2. The number of ether oxygens (including phenoxy) is 1. The smallest absolute Gasteiger partial charge is 0.225 e. The maximum Gasteiger partial charge on any atom is 0.225 e. The summed E-state index contributed by atoms with van der Waals surface area (Å²) in [5.74, 6) is 0.825. The van der Waals surface area contributed by atoms with Gasteiger partial charge in [0.1, 0.15) is 5.82 Å². The maximum atomic E-state index is 12.1. The Labute approximate surface area is 135 Å². The molecule has 1 atom stereocenters. The van der Waals surface area contributed by atoms with Crippen molar-refractivity contribution in [1.29, 1.82) is 0 Å². The number of amides is 2. The molecule has 2 fully saturated rings. The number of carbonyl (C=O) groups excluding carboxylic acids is 2. The highest BCUT2D eigenvalue weighted by atomic mass is 16.5. The van der Waals surface area contributed by atoms with Crippen molar-refractivity contribution in [2.24, 2.45) is 5.92 Å². The molecule has 3 heterocycles. The summed E-state index contributed by atoms with van der Waals surface area (Å²) >= 11 is 0. The molecule has 2 amide bonds. The van der Waals surface area contributed by atoms with E-state index in [1.807, 2.05) is 12.1 Å². The van der Waals surface area contributed by atoms with Gasteiger partial charge >= 0.3 is 0 Å². The fraction of sp³-hybridized carbons (Fsp3) is 0.562. The van der Waals surface area contributed by atoms with Crippen LogP contribution >= 0.6 is 0 Å². The van der Waals surface area contributed by atoms with E-state index in [0.717, 1.165) is 37.7 Å². The van der Waals surface area contributed by atoms with Gasteiger partial charge in [-0.1, -0.05) is 6.07 Å². The molecule has 0 aliphatic carbocycles. The van der Waals surface area contributed by atoms with Crippen molar-refractivity contribution in [3.8, 4) is 0 Å². The Morgan fingerprint density at radius 2 is 2.22 bits per heavy atom. The van der Waals surface area contributed by atoms with Crippen LogP contribution < -0.4 is 15.5 Å². The number of pyridine rings is 1. The van der Waals surface area contributed by atoms with E-state index >= 15 is 0 Å². The average Bonchev–Trinajstić information content (AvgIpc) is 2.61. The first-order valence-electron chi connectivity index (χ1n) is 8.04. The van der Waals surface area contributed by atoms with Crippen molar-refractivity contribution >= 4 is 17.6 Å². The van der Waals surface area contributed by atoms with Crippen LogP contribution in [0.2, 0.25) is 0 Å². The highest BCUT2D eigenvalue weighted by Gasteiger charge is 2.24. The van der Waals surface area contributed by atoms with E-state index in [-0.39, 0.29) is 17.7 Å². The molecule has 0 radical (unpaired) electrons. The Hall–Kier alpha value is -2.15. The van der Waals surface area contributed by atoms with E-state index in [0.29, 0.717) is 25.9 Å². The summed E-state index contributed by atoms with van der Waals surface area (Å²) in [6, 6.07) is 3.97. The minimum Gasteiger partial charge on any atom is -0.378 e. The molecule has 1 aromatic rings. The molecule has 0 saturated carbocycles. The van der Waals surface area contributed by atoms with E-state index in [1.54, 1.807) is 6.20 Å². The van der Waals surface area contributed by atoms with Crippen LogP contribution in [-0.2, 0) is 20.9 Å². The summed E-state index contributed by atoms with van der Waals surface area (Å²) in [6.07, 6.45) is 2.84. The Morgan fingerprint density at radius 1 is 1.39 bits per heavy atom. The number of anilines is 1. The number of morpholine rings is 1. The van der Waals surface area contributed by atoms with Crippen molar-refractivity contribution in [3.05, 3.63) is 23.9 Å². The lowest BCUT2D eigenvalue weighted by molar-refractivity contribution is -0.129. The van der Waals surface area contributed by atoms with Gasteiger partial charge in [-0.05, 0) is 18.1 Å². The van der Waals surface area contributed by atoms with E-state index in [2.05, 4.69) is 20.5 Å². The largest absolute Gasteiger partial charge is 0.378 e. The van der Waals surface area contributed by atoms with E-state index in [9.17, 15) is 9.59 Å². The minimum atomic E-state index is -0.131. The van der Waals surface area contributed by atoms with Crippen LogP contribution in [-0.4, -0.2) is 49.6 Å². The van der Waals surface area contributed by atoms with Crippen molar-refractivity contribution < 1.29 is 14.3 Å². The zero-order valence-corrected chi connectivity index (χ0v) is 13.1.